The van der Waals surface area contributed by atoms with Crippen LogP contribution in [-0.2, 0) is 4.79 Å². The second-order valence-corrected chi connectivity index (χ2v) is 4.28. The van der Waals surface area contributed by atoms with Crippen molar-refractivity contribution in [3.63, 3.8) is 0 Å². The zero-order valence-electron chi connectivity index (χ0n) is 11.0. The molecule has 98 valence electrons. The van der Waals surface area contributed by atoms with Crippen LogP contribution in [0.2, 0.25) is 0 Å². The maximum atomic E-state index is 12.0. The topological polar surface area (TPSA) is 51.2 Å². The van der Waals surface area contributed by atoms with Crippen molar-refractivity contribution in [1.82, 2.24) is 4.98 Å². The number of carbonyl (C=O) groups is 1. The van der Waals surface area contributed by atoms with Gasteiger partial charge in [0.25, 0.3) is 5.91 Å². The molecule has 0 fully saturated rings. The van der Waals surface area contributed by atoms with Crippen LogP contribution in [0.4, 0.5) is 5.82 Å². The van der Waals surface area contributed by atoms with Crippen LogP contribution in [0.3, 0.4) is 0 Å². The first-order chi connectivity index (χ1) is 9.15. The number of para-hydroxylation sites is 1. The third kappa shape index (κ3) is 3.81. The normalized spacial score (nSPS) is 11.7. The third-order valence-electron chi connectivity index (χ3n) is 2.59. The number of ether oxygens (including phenoxy) is 1. The zero-order valence-corrected chi connectivity index (χ0v) is 11.0. The van der Waals surface area contributed by atoms with E-state index in [4.69, 9.17) is 4.74 Å². The van der Waals surface area contributed by atoms with Gasteiger partial charge < -0.3 is 10.1 Å². The van der Waals surface area contributed by atoms with Crippen molar-refractivity contribution in [3.8, 4) is 5.75 Å². The van der Waals surface area contributed by atoms with E-state index in [1.807, 2.05) is 49.4 Å². The number of hydrogen-bond acceptors (Lipinski definition) is 3. The molecule has 0 aliphatic heterocycles. The highest BCUT2D eigenvalue weighted by atomic mass is 16.5. The van der Waals surface area contributed by atoms with Crippen LogP contribution in [-0.4, -0.2) is 17.0 Å². The van der Waals surface area contributed by atoms with Crippen molar-refractivity contribution >= 4 is 11.7 Å². The van der Waals surface area contributed by atoms with Gasteiger partial charge in [-0.2, -0.15) is 0 Å². The van der Waals surface area contributed by atoms with E-state index in [1.165, 1.54) is 0 Å². The van der Waals surface area contributed by atoms with Gasteiger partial charge in [0.05, 0.1) is 0 Å². The number of aryl methyl sites for hydroxylation is 1. The first-order valence-electron chi connectivity index (χ1n) is 6.10. The summed E-state index contributed by atoms with van der Waals surface area (Å²) in [6.45, 7) is 3.65. The predicted octanol–water partition coefficient (Wildman–Crippen LogP) is 2.80. The Morgan fingerprint density at radius 3 is 2.68 bits per heavy atom. The Hall–Kier alpha value is -2.36. The minimum atomic E-state index is -0.579. The molecule has 1 amide bonds. The molecular formula is C15H16N2O2. The van der Waals surface area contributed by atoms with Gasteiger partial charge in [0, 0.05) is 6.20 Å². The second kappa shape index (κ2) is 6.00. The summed E-state index contributed by atoms with van der Waals surface area (Å²) >= 11 is 0. The van der Waals surface area contributed by atoms with Crippen LogP contribution in [0, 0.1) is 6.92 Å². The number of hydrogen-bond donors (Lipinski definition) is 1. The van der Waals surface area contributed by atoms with Gasteiger partial charge in [0.1, 0.15) is 11.6 Å². The molecule has 1 N–H and O–H groups in total. The minimum absolute atomic E-state index is 0.220. The predicted molar refractivity (Wildman–Crippen MR) is 74.1 cm³/mol. The molecule has 1 heterocycles. The lowest BCUT2D eigenvalue weighted by Gasteiger charge is -2.14. The number of aromatic nitrogens is 1. The molecular weight excluding hydrogens is 240 g/mol. The molecule has 4 heteroatoms. The molecule has 0 aliphatic carbocycles. The van der Waals surface area contributed by atoms with Crippen molar-refractivity contribution in [3.05, 3.63) is 54.2 Å². The van der Waals surface area contributed by atoms with E-state index in [9.17, 15) is 4.79 Å². The summed E-state index contributed by atoms with van der Waals surface area (Å²) in [7, 11) is 0. The fourth-order valence-corrected chi connectivity index (χ4v) is 1.59. The first kappa shape index (κ1) is 13.1. The van der Waals surface area contributed by atoms with Crippen LogP contribution in [0.1, 0.15) is 12.5 Å². The molecule has 0 spiro atoms. The van der Waals surface area contributed by atoms with E-state index >= 15 is 0 Å². The molecule has 4 nitrogen and oxygen atoms in total. The van der Waals surface area contributed by atoms with Crippen LogP contribution < -0.4 is 10.1 Å². The van der Waals surface area contributed by atoms with Gasteiger partial charge >= 0.3 is 0 Å². The summed E-state index contributed by atoms with van der Waals surface area (Å²) < 4.78 is 5.54. The first-order valence-corrected chi connectivity index (χ1v) is 6.10. The Labute approximate surface area is 112 Å². The maximum Gasteiger partial charge on any atom is 0.266 e. The molecule has 0 aliphatic rings. The van der Waals surface area contributed by atoms with Gasteiger partial charge in [-0.05, 0) is 43.7 Å². The number of amides is 1. The SMILES string of the molecule is Cc1ccnc(NC(=O)[C@H](C)Oc2ccccc2)c1. The quantitative estimate of drug-likeness (QED) is 0.915. The average molecular weight is 256 g/mol. The molecule has 1 atom stereocenters. The van der Waals surface area contributed by atoms with Gasteiger partial charge in [-0.15, -0.1) is 0 Å². The van der Waals surface area contributed by atoms with Crippen molar-refractivity contribution in [1.29, 1.82) is 0 Å². The molecule has 2 aromatic rings. The van der Waals surface area contributed by atoms with Crippen molar-refractivity contribution < 1.29 is 9.53 Å². The Bertz CT molecular complexity index is 555. The fourth-order valence-electron chi connectivity index (χ4n) is 1.59. The Kier molecular flexibility index (Phi) is 4.13. The maximum absolute atomic E-state index is 12.0. The van der Waals surface area contributed by atoms with Crippen molar-refractivity contribution in [2.75, 3.05) is 5.32 Å². The van der Waals surface area contributed by atoms with E-state index in [-0.39, 0.29) is 5.91 Å². The van der Waals surface area contributed by atoms with E-state index in [2.05, 4.69) is 10.3 Å². The monoisotopic (exact) mass is 256 g/mol. The molecule has 0 radical (unpaired) electrons. The standard InChI is InChI=1S/C15H16N2O2/c1-11-8-9-16-14(10-11)17-15(18)12(2)19-13-6-4-3-5-7-13/h3-10,12H,1-2H3,(H,16,17,18)/t12-/m0/s1. The lowest BCUT2D eigenvalue weighted by atomic mass is 10.3. The van der Waals surface area contributed by atoms with Gasteiger partial charge in [0.15, 0.2) is 6.10 Å². The van der Waals surface area contributed by atoms with E-state index in [0.717, 1.165) is 5.56 Å². The summed E-state index contributed by atoms with van der Waals surface area (Å²) in [5.41, 5.74) is 1.04. The minimum Gasteiger partial charge on any atom is -0.481 e. The van der Waals surface area contributed by atoms with Crippen molar-refractivity contribution in [2.24, 2.45) is 0 Å². The van der Waals surface area contributed by atoms with Gasteiger partial charge in [-0.3, -0.25) is 4.79 Å². The molecule has 19 heavy (non-hydrogen) atoms. The molecule has 0 unspecified atom stereocenters. The summed E-state index contributed by atoms with van der Waals surface area (Å²) in [6, 6.07) is 12.9. The van der Waals surface area contributed by atoms with Gasteiger partial charge in [-0.1, -0.05) is 18.2 Å². The Balaban J connectivity index is 1.96. The molecule has 1 aromatic carbocycles. The molecule has 0 saturated carbocycles. The second-order valence-electron chi connectivity index (χ2n) is 4.28. The van der Waals surface area contributed by atoms with Gasteiger partial charge in [-0.25, -0.2) is 4.98 Å². The third-order valence-corrected chi connectivity index (χ3v) is 2.59. The van der Waals surface area contributed by atoms with E-state index in [1.54, 1.807) is 13.1 Å². The van der Waals surface area contributed by atoms with Crippen LogP contribution in [0.25, 0.3) is 0 Å². The summed E-state index contributed by atoms with van der Waals surface area (Å²) in [5.74, 6) is 0.984. The highest BCUT2D eigenvalue weighted by molar-refractivity contribution is 5.93. The number of rotatable bonds is 4. The number of carbonyl (C=O) groups excluding carboxylic acids is 1. The summed E-state index contributed by atoms with van der Waals surface area (Å²) in [6.07, 6.45) is 1.08. The lowest BCUT2D eigenvalue weighted by Crippen LogP contribution is -2.30. The smallest absolute Gasteiger partial charge is 0.266 e. The van der Waals surface area contributed by atoms with Crippen LogP contribution in [0.5, 0.6) is 5.75 Å². The Morgan fingerprint density at radius 1 is 1.26 bits per heavy atom. The van der Waals surface area contributed by atoms with E-state index in [0.29, 0.717) is 11.6 Å². The zero-order chi connectivity index (χ0) is 13.7. The highest BCUT2D eigenvalue weighted by Crippen LogP contribution is 2.12. The van der Waals surface area contributed by atoms with Gasteiger partial charge in [0.2, 0.25) is 0 Å². The molecule has 2 rings (SSSR count). The lowest BCUT2D eigenvalue weighted by molar-refractivity contribution is -0.122. The summed E-state index contributed by atoms with van der Waals surface area (Å²) in [5, 5.41) is 2.73. The van der Waals surface area contributed by atoms with Crippen molar-refractivity contribution in [2.45, 2.75) is 20.0 Å². The molecule has 0 bridgehead atoms. The summed E-state index contributed by atoms with van der Waals surface area (Å²) in [4.78, 5) is 16.0. The van der Waals surface area contributed by atoms with Crippen LogP contribution in [0.15, 0.2) is 48.7 Å². The number of nitrogens with zero attached hydrogens (tertiary/aromatic N) is 1. The number of pyridine rings is 1. The molecule has 0 saturated heterocycles. The molecule has 1 aromatic heterocycles. The number of anilines is 1. The largest absolute Gasteiger partial charge is 0.481 e. The van der Waals surface area contributed by atoms with Crippen LogP contribution >= 0.6 is 0 Å². The fraction of sp³-hybridized carbons (Fsp3) is 0.200. The Morgan fingerprint density at radius 2 is 2.00 bits per heavy atom. The number of nitrogens with one attached hydrogen (secondary N) is 1. The highest BCUT2D eigenvalue weighted by Gasteiger charge is 2.15. The average Bonchev–Trinajstić information content (AvgIpc) is 2.40. The number of benzene rings is 1. The van der Waals surface area contributed by atoms with E-state index < -0.39 is 6.10 Å².